The molecule has 3 aliphatic heterocycles. The van der Waals surface area contributed by atoms with Crippen molar-refractivity contribution in [1.29, 1.82) is 0 Å². The summed E-state index contributed by atoms with van der Waals surface area (Å²) in [6.07, 6.45) is 16.9. The Balaban J connectivity index is 0.000000134. The van der Waals surface area contributed by atoms with Gasteiger partial charge in [-0.3, -0.25) is 48.5 Å². The van der Waals surface area contributed by atoms with E-state index in [4.69, 9.17) is 0 Å². The molecule has 5 aromatic heterocycles. The number of fused-ring (bicyclic) bond motifs is 3. The number of likely N-dealkylation sites (tertiary alicyclic amines) is 3. The highest BCUT2D eigenvalue weighted by Crippen LogP contribution is 2.43. The van der Waals surface area contributed by atoms with Crippen molar-refractivity contribution < 1.29 is 24.6 Å². The number of hydrogen-bond acceptors (Lipinski definition) is 18. The molecular formula is C68H93N17O5S2. The van der Waals surface area contributed by atoms with Crippen LogP contribution in [-0.4, -0.2) is 178 Å². The van der Waals surface area contributed by atoms with Gasteiger partial charge in [-0.15, -0.1) is 22.7 Å². The van der Waals surface area contributed by atoms with Crippen LogP contribution in [0.15, 0.2) is 72.5 Å². The first-order chi connectivity index (χ1) is 44.3. The average Bonchev–Trinajstić information content (AvgIpc) is 1.25. The molecule has 0 unspecified atom stereocenters. The molecule has 24 heteroatoms. The summed E-state index contributed by atoms with van der Waals surface area (Å²) < 4.78 is 3.67. The van der Waals surface area contributed by atoms with Crippen LogP contribution in [0.25, 0.3) is 32.7 Å². The quantitative estimate of drug-likeness (QED) is 0.0394. The third kappa shape index (κ3) is 15.1. The van der Waals surface area contributed by atoms with E-state index in [9.17, 15) is 24.6 Å². The summed E-state index contributed by atoms with van der Waals surface area (Å²) in [6, 6.07) is 20.9. The Kier molecular flexibility index (Phi) is 20.0. The first-order valence-corrected chi connectivity index (χ1v) is 35.0. The van der Waals surface area contributed by atoms with Crippen molar-refractivity contribution in [3.63, 3.8) is 0 Å². The number of nitrogens with one attached hydrogen (secondary N) is 7. The van der Waals surface area contributed by atoms with Crippen molar-refractivity contribution >= 4 is 90.6 Å². The van der Waals surface area contributed by atoms with Gasteiger partial charge in [0.2, 0.25) is 17.7 Å². The number of benzene rings is 3. The normalized spacial score (nSPS) is 24.1. The molecule has 22 nitrogen and oxygen atoms in total. The van der Waals surface area contributed by atoms with Gasteiger partial charge in [-0.2, -0.15) is 15.3 Å². The summed E-state index contributed by atoms with van der Waals surface area (Å²) in [5.41, 5.74) is 6.94. The average molecular weight is 1290 g/mol. The number of aryl methyl sites for hydroxylation is 6. The predicted octanol–water partition coefficient (Wildman–Crippen LogP) is 7.99. The van der Waals surface area contributed by atoms with Crippen LogP contribution in [0, 0.1) is 26.7 Å². The minimum atomic E-state index is -0.722. The van der Waals surface area contributed by atoms with Crippen LogP contribution in [0.1, 0.15) is 122 Å². The maximum absolute atomic E-state index is 12.5. The number of carbonyl (C=O) groups is 3. The third-order valence-corrected chi connectivity index (χ3v) is 22.4. The van der Waals surface area contributed by atoms with Gasteiger partial charge in [0, 0.05) is 100 Å². The molecule has 3 aromatic carbocycles. The molecule has 6 aliphatic rings. The van der Waals surface area contributed by atoms with E-state index in [2.05, 4.69) is 154 Å². The smallest absolute Gasteiger partial charge is 0.239 e. The number of aromatic nitrogens is 8. The molecule has 8 aromatic rings. The van der Waals surface area contributed by atoms with Crippen LogP contribution >= 0.6 is 22.7 Å². The SMILES string of the molecule is CCc1ncc(C2(O)CCC(N3CC(NC(=O)CNc4nn(C)c5ccc(C)cc45)C3)CC2)s1.Cc1ccc2[nH]nc(NCC(=O)NC3CN(C4CCC(C)CC4)C3)c2c1.Cc1ccc2c(c1)c(NCC(=O)NC1CN(C3CCC(O)(c4cncs4)CC3)C1)nn2C. The van der Waals surface area contributed by atoms with Gasteiger partial charge in [0.05, 0.1) is 74.6 Å². The number of aromatic amines is 1. The number of thiazole rings is 2. The van der Waals surface area contributed by atoms with Gasteiger partial charge < -0.3 is 42.1 Å². The van der Waals surface area contributed by atoms with Crippen molar-refractivity contribution in [3.8, 4) is 0 Å². The Hall–Kier alpha value is -7.06. The predicted molar refractivity (Wildman–Crippen MR) is 365 cm³/mol. The molecule has 9 N–H and O–H groups in total. The highest BCUT2D eigenvalue weighted by molar-refractivity contribution is 7.11. The highest BCUT2D eigenvalue weighted by Gasteiger charge is 2.43. The van der Waals surface area contributed by atoms with E-state index in [1.165, 1.54) is 53.7 Å². The Labute approximate surface area is 547 Å². The lowest BCUT2D eigenvalue weighted by Crippen LogP contribution is -2.63. The minimum absolute atomic E-state index is 0.00829. The van der Waals surface area contributed by atoms with Gasteiger partial charge in [-0.25, -0.2) is 4.98 Å². The van der Waals surface area contributed by atoms with Gasteiger partial charge in [0.15, 0.2) is 17.5 Å². The summed E-state index contributed by atoms with van der Waals surface area (Å²) in [5.74, 6) is 3.13. The Morgan fingerprint density at radius 3 is 1.46 bits per heavy atom. The lowest BCUT2D eigenvalue weighted by atomic mass is 9.80. The number of amides is 3. The monoisotopic (exact) mass is 1290 g/mol. The molecule has 3 saturated carbocycles. The molecular weight excluding hydrogens is 1200 g/mol. The third-order valence-electron chi connectivity index (χ3n) is 20.1. The summed E-state index contributed by atoms with van der Waals surface area (Å²) in [7, 11) is 3.83. The van der Waals surface area contributed by atoms with E-state index < -0.39 is 11.2 Å². The maximum atomic E-state index is 12.5. The number of anilines is 3. The van der Waals surface area contributed by atoms with Gasteiger partial charge in [-0.05, 0) is 147 Å². The minimum Gasteiger partial charge on any atom is -0.384 e. The van der Waals surface area contributed by atoms with Crippen LogP contribution in [-0.2, 0) is 46.1 Å². The molecule has 3 amide bonds. The van der Waals surface area contributed by atoms with E-state index in [1.807, 2.05) is 41.8 Å². The van der Waals surface area contributed by atoms with Crippen LogP contribution in [0.4, 0.5) is 17.5 Å². The molecule has 0 atom stereocenters. The molecule has 0 bridgehead atoms. The summed E-state index contributed by atoms with van der Waals surface area (Å²) >= 11 is 3.18. The van der Waals surface area contributed by atoms with Crippen molar-refractivity contribution in [2.24, 2.45) is 20.0 Å². The zero-order chi connectivity index (χ0) is 64.3. The highest BCUT2D eigenvalue weighted by atomic mass is 32.1. The number of carbonyl (C=O) groups excluding carboxylic acids is 3. The van der Waals surface area contributed by atoms with Gasteiger partial charge in [-0.1, -0.05) is 48.7 Å². The van der Waals surface area contributed by atoms with Crippen molar-refractivity contribution in [2.45, 2.75) is 166 Å². The number of H-pyrrole nitrogens is 1. The van der Waals surface area contributed by atoms with Crippen molar-refractivity contribution in [3.05, 3.63) is 104 Å². The lowest BCUT2D eigenvalue weighted by molar-refractivity contribution is -0.122. The number of rotatable bonds is 18. The van der Waals surface area contributed by atoms with E-state index in [0.29, 0.717) is 18.1 Å². The Morgan fingerprint density at radius 2 is 1.01 bits per heavy atom. The standard InChI is InChI=1S/C25H34N6O2S.C23H30N6O2S.C20H29N5O/c1-4-23-26-12-21(34-23)25(33)9-7-18(8-10-25)31-14-17(15-31)28-22(32)13-27-24-19-11-16(2)5-6-20(19)30(3)29-24;1-15-3-4-19-18(9-15)22(27-28(19)2)25-11-21(30)26-16-12-29(13-16)17-5-7-23(31,8-6-17)20-10-24-14-32-20;1-13-3-6-16(7-4-13)25-11-15(12-25)22-19(26)10-21-20-17-9-14(2)5-8-18(17)23-24-20/h5-6,11-12,17-18,33H,4,7-10,13-15H2,1-3H3,(H,27,29)(H,28,32);3-4,9-10,14,16-17,31H,5-8,11-13H2,1-2H3,(H,25,27)(H,26,30);5,8-9,13,15-16H,3-4,6-7,10-12H2,1-2H3,(H,22,26)(H2,21,23,24). The van der Waals surface area contributed by atoms with Crippen molar-refractivity contribution in [2.75, 3.05) is 74.9 Å². The molecule has 0 radical (unpaired) electrons. The molecule has 3 saturated heterocycles. The van der Waals surface area contributed by atoms with Gasteiger partial charge in [0.1, 0.15) is 11.2 Å². The van der Waals surface area contributed by atoms with E-state index >= 15 is 0 Å². The number of nitrogens with zero attached hydrogens (tertiary/aromatic N) is 10. The fraction of sp³-hybridized carbons (Fsp3) is 0.559. The summed E-state index contributed by atoms with van der Waals surface area (Å²) in [6.45, 7) is 16.8. The molecule has 8 heterocycles. The molecule has 14 rings (SSSR count). The molecule has 492 valence electrons. The van der Waals surface area contributed by atoms with Gasteiger partial charge >= 0.3 is 0 Å². The first-order valence-electron chi connectivity index (χ1n) is 33.3. The maximum Gasteiger partial charge on any atom is 0.239 e. The number of hydrogen-bond donors (Lipinski definition) is 9. The van der Waals surface area contributed by atoms with Crippen LogP contribution in [0.5, 0.6) is 0 Å². The summed E-state index contributed by atoms with van der Waals surface area (Å²) in [4.78, 5) is 55.2. The van der Waals surface area contributed by atoms with Crippen LogP contribution < -0.4 is 31.9 Å². The lowest BCUT2D eigenvalue weighted by Gasteiger charge is -2.48. The number of aliphatic hydroxyl groups is 2. The Morgan fingerprint density at radius 1 is 0.576 bits per heavy atom. The molecule has 3 aliphatic carbocycles. The van der Waals surface area contributed by atoms with E-state index in [1.54, 1.807) is 23.0 Å². The zero-order valence-corrected chi connectivity index (χ0v) is 56.1. The van der Waals surface area contributed by atoms with Gasteiger partial charge in [0.25, 0.3) is 0 Å². The fourth-order valence-electron chi connectivity index (χ4n) is 14.4. The zero-order valence-electron chi connectivity index (χ0n) is 54.4. The molecule has 92 heavy (non-hydrogen) atoms. The second-order valence-electron chi connectivity index (χ2n) is 27.1. The van der Waals surface area contributed by atoms with Crippen LogP contribution in [0.3, 0.4) is 0 Å². The molecule has 0 spiro atoms. The van der Waals surface area contributed by atoms with Crippen LogP contribution in [0.2, 0.25) is 0 Å². The fourth-order valence-corrected chi connectivity index (χ4v) is 16.2. The van der Waals surface area contributed by atoms with E-state index in [-0.39, 0.29) is 49.4 Å². The second kappa shape index (κ2) is 28.3. The van der Waals surface area contributed by atoms with E-state index in [0.717, 1.165) is 174 Å². The molecule has 6 fully saturated rings. The first kappa shape index (κ1) is 65.0. The Bertz CT molecular complexity index is 3820. The largest absolute Gasteiger partial charge is 0.384 e. The topological polar surface area (TPSA) is 264 Å². The van der Waals surface area contributed by atoms with Crippen molar-refractivity contribution in [1.82, 2.24) is 70.4 Å². The summed E-state index contributed by atoms with van der Waals surface area (Å²) in [5, 5.41) is 61.5. The second-order valence-corrected chi connectivity index (χ2v) is 29.1.